The number of rotatable bonds is 6. The first-order valence-electron chi connectivity index (χ1n) is 10.1. The number of halogens is 1. The molecule has 9 heteroatoms. The van der Waals surface area contributed by atoms with E-state index in [1.807, 2.05) is 0 Å². The van der Waals surface area contributed by atoms with Crippen LogP contribution >= 0.6 is 11.6 Å². The summed E-state index contributed by atoms with van der Waals surface area (Å²) in [5.74, 6) is -1.19. The highest BCUT2D eigenvalue weighted by molar-refractivity contribution is 6.30. The molecule has 0 fully saturated rings. The highest BCUT2D eigenvalue weighted by atomic mass is 35.5. The minimum Gasteiger partial charge on any atom is -0.465 e. The molecule has 3 rings (SSSR count). The zero-order valence-corrected chi connectivity index (χ0v) is 19.0. The molecule has 1 heterocycles. The maximum absolute atomic E-state index is 13.5. The predicted octanol–water partition coefficient (Wildman–Crippen LogP) is 3.16. The Morgan fingerprint density at radius 2 is 1.62 bits per heavy atom. The van der Waals surface area contributed by atoms with E-state index in [2.05, 4.69) is 0 Å². The molecule has 0 amide bonds. The Balaban J connectivity index is 2.45. The van der Waals surface area contributed by atoms with Crippen molar-refractivity contribution in [2.24, 2.45) is 0 Å². The molecule has 0 aliphatic carbocycles. The summed E-state index contributed by atoms with van der Waals surface area (Å²) >= 11 is 5.95. The van der Waals surface area contributed by atoms with Crippen molar-refractivity contribution in [1.82, 2.24) is 9.13 Å². The summed E-state index contributed by atoms with van der Waals surface area (Å²) in [5, 5.41) is 0.573. The molecule has 0 bridgehead atoms. The molecule has 32 heavy (non-hydrogen) atoms. The molecule has 0 aliphatic rings. The number of hydrogen-bond acceptors (Lipinski definition) is 6. The van der Waals surface area contributed by atoms with Crippen molar-refractivity contribution in [1.29, 1.82) is 0 Å². The lowest BCUT2D eigenvalue weighted by Gasteiger charge is -2.18. The standard InChI is InChI=1S/C23H23ClN2O6/c1-5-31-18(27)12-25-17-11-13(3)19(22(29)32-6-2)14(4)20(17)21(28)26(23(25)30)16-9-7-15(24)8-10-16/h7-11H,5-6,12H2,1-4H3. The molecule has 8 nitrogen and oxygen atoms in total. The predicted molar refractivity (Wildman–Crippen MR) is 121 cm³/mol. The van der Waals surface area contributed by atoms with Crippen molar-refractivity contribution >= 4 is 34.4 Å². The second-order valence-electron chi connectivity index (χ2n) is 7.10. The molecule has 3 aromatic rings. The van der Waals surface area contributed by atoms with Crippen molar-refractivity contribution in [3.05, 3.63) is 72.9 Å². The normalized spacial score (nSPS) is 10.9. The van der Waals surface area contributed by atoms with Crippen LogP contribution < -0.4 is 11.2 Å². The van der Waals surface area contributed by atoms with E-state index in [0.717, 1.165) is 4.57 Å². The molecule has 0 aliphatic heterocycles. The van der Waals surface area contributed by atoms with Crippen LogP contribution in [0.5, 0.6) is 0 Å². The summed E-state index contributed by atoms with van der Waals surface area (Å²) in [6, 6.07) is 7.70. The number of carbonyl (C=O) groups excluding carboxylic acids is 2. The summed E-state index contributed by atoms with van der Waals surface area (Å²) in [6.45, 7) is 6.58. The van der Waals surface area contributed by atoms with Crippen LogP contribution in [0.2, 0.25) is 5.02 Å². The van der Waals surface area contributed by atoms with Gasteiger partial charge < -0.3 is 9.47 Å². The fourth-order valence-electron chi connectivity index (χ4n) is 3.69. The number of fused-ring (bicyclic) bond motifs is 1. The quantitative estimate of drug-likeness (QED) is 0.526. The zero-order valence-electron chi connectivity index (χ0n) is 18.2. The Kier molecular flexibility index (Phi) is 6.84. The maximum atomic E-state index is 13.5. The minimum atomic E-state index is -0.708. The van der Waals surface area contributed by atoms with Gasteiger partial charge in [0.1, 0.15) is 6.54 Å². The minimum absolute atomic E-state index is 0.137. The summed E-state index contributed by atoms with van der Waals surface area (Å²) in [5.41, 5.74) is 0.331. The number of aryl methyl sites for hydroxylation is 2. The lowest BCUT2D eigenvalue weighted by Crippen LogP contribution is -2.41. The molecular weight excluding hydrogens is 436 g/mol. The number of ether oxygens (including phenoxy) is 2. The van der Waals surface area contributed by atoms with Gasteiger partial charge in [-0.1, -0.05) is 11.6 Å². The van der Waals surface area contributed by atoms with Crippen molar-refractivity contribution in [2.75, 3.05) is 13.2 Å². The van der Waals surface area contributed by atoms with Gasteiger partial charge in [0, 0.05) is 5.02 Å². The molecule has 0 saturated carbocycles. The van der Waals surface area contributed by atoms with Gasteiger partial charge in [-0.15, -0.1) is 0 Å². The van der Waals surface area contributed by atoms with Gasteiger partial charge in [0.05, 0.1) is 35.4 Å². The first-order chi connectivity index (χ1) is 15.2. The van der Waals surface area contributed by atoms with Crippen LogP contribution in [-0.4, -0.2) is 34.3 Å². The number of benzene rings is 2. The molecule has 168 valence electrons. The Morgan fingerprint density at radius 1 is 1.00 bits per heavy atom. The van der Waals surface area contributed by atoms with Crippen LogP contribution in [0.25, 0.3) is 16.6 Å². The fourth-order valence-corrected chi connectivity index (χ4v) is 3.82. The molecule has 2 aromatic carbocycles. The third kappa shape index (κ3) is 4.18. The van der Waals surface area contributed by atoms with Gasteiger partial charge in [-0.3, -0.25) is 14.2 Å². The van der Waals surface area contributed by atoms with E-state index in [4.69, 9.17) is 21.1 Å². The first-order valence-corrected chi connectivity index (χ1v) is 10.5. The lowest BCUT2D eigenvalue weighted by atomic mass is 9.98. The van der Waals surface area contributed by atoms with Gasteiger partial charge in [-0.05, 0) is 69.2 Å². The number of esters is 2. The van der Waals surface area contributed by atoms with Gasteiger partial charge in [-0.2, -0.15) is 0 Å². The highest BCUT2D eigenvalue weighted by Crippen LogP contribution is 2.24. The molecule has 1 aromatic heterocycles. The average molecular weight is 459 g/mol. The van der Waals surface area contributed by atoms with Gasteiger partial charge in [0.25, 0.3) is 5.56 Å². The SMILES string of the molecule is CCOC(=O)Cn1c(=O)n(-c2ccc(Cl)cc2)c(=O)c2c(C)c(C(=O)OCC)c(C)cc21. The Morgan fingerprint density at radius 3 is 2.22 bits per heavy atom. The molecule has 0 radical (unpaired) electrons. The number of nitrogens with zero attached hydrogens (tertiary/aromatic N) is 2. The number of hydrogen-bond donors (Lipinski definition) is 0. The van der Waals surface area contributed by atoms with Crippen molar-refractivity contribution in [3.8, 4) is 5.69 Å². The van der Waals surface area contributed by atoms with Gasteiger partial charge in [-0.25, -0.2) is 14.2 Å². The lowest BCUT2D eigenvalue weighted by molar-refractivity contribution is -0.143. The topological polar surface area (TPSA) is 96.6 Å². The van der Waals surface area contributed by atoms with E-state index < -0.39 is 29.7 Å². The van der Waals surface area contributed by atoms with Crippen molar-refractivity contribution in [2.45, 2.75) is 34.2 Å². The number of carbonyl (C=O) groups is 2. The summed E-state index contributed by atoms with van der Waals surface area (Å²) in [6.07, 6.45) is 0. The first kappa shape index (κ1) is 23.3. The van der Waals surface area contributed by atoms with Crippen molar-refractivity contribution in [3.63, 3.8) is 0 Å². The third-order valence-electron chi connectivity index (χ3n) is 5.04. The van der Waals surface area contributed by atoms with Gasteiger partial charge in [0.2, 0.25) is 0 Å². The molecule has 0 N–H and O–H groups in total. The molecule has 0 saturated heterocycles. The Labute approximate surface area is 188 Å². The van der Waals surface area contributed by atoms with Crippen LogP contribution in [0.1, 0.15) is 35.3 Å². The van der Waals surface area contributed by atoms with Gasteiger partial charge in [0.15, 0.2) is 0 Å². The average Bonchev–Trinajstić information content (AvgIpc) is 2.72. The summed E-state index contributed by atoms with van der Waals surface area (Å²) < 4.78 is 12.3. The summed E-state index contributed by atoms with van der Waals surface area (Å²) in [4.78, 5) is 51.7. The van der Waals surface area contributed by atoms with Crippen LogP contribution in [0.15, 0.2) is 39.9 Å². The molecule has 0 atom stereocenters. The second kappa shape index (κ2) is 9.40. The second-order valence-corrected chi connectivity index (χ2v) is 7.54. The smallest absolute Gasteiger partial charge is 0.338 e. The third-order valence-corrected chi connectivity index (χ3v) is 5.29. The molecular formula is C23H23ClN2O6. The van der Waals surface area contributed by atoms with E-state index in [1.165, 1.54) is 16.7 Å². The number of aromatic nitrogens is 2. The van der Waals surface area contributed by atoms with E-state index in [1.54, 1.807) is 45.9 Å². The van der Waals surface area contributed by atoms with Crippen LogP contribution in [0.3, 0.4) is 0 Å². The molecule has 0 spiro atoms. The van der Waals surface area contributed by atoms with Crippen LogP contribution in [0, 0.1) is 13.8 Å². The Bertz CT molecular complexity index is 1320. The van der Waals surface area contributed by atoms with E-state index in [0.29, 0.717) is 16.1 Å². The zero-order chi connectivity index (χ0) is 23.6. The Hall–Kier alpha value is -3.39. The van der Waals surface area contributed by atoms with E-state index >= 15 is 0 Å². The van der Waals surface area contributed by atoms with E-state index in [-0.39, 0.29) is 35.4 Å². The largest absolute Gasteiger partial charge is 0.465 e. The van der Waals surface area contributed by atoms with E-state index in [9.17, 15) is 19.2 Å². The monoisotopic (exact) mass is 458 g/mol. The highest BCUT2D eigenvalue weighted by Gasteiger charge is 2.23. The molecule has 0 unspecified atom stereocenters. The van der Waals surface area contributed by atoms with Crippen molar-refractivity contribution < 1.29 is 19.1 Å². The van der Waals surface area contributed by atoms with Crippen LogP contribution in [-0.2, 0) is 20.8 Å². The van der Waals surface area contributed by atoms with Gasteiger partial charge >= 0.3 is 17.6 Å². The summed E-state index contributed by atoms with van der Waals surface area (Å²) in [7, 11) is 0. The maximum Gasteiger partial charge on any atom is 0.338 e. The van der Waals surface area contributed by atoms with Crippen LogP contribution in [0.4, 0.5) is 0 Å². The fraction of sp³-hybridized carbons (Fsp3) is 0.304.